The number of rotatable bonds is 5. The van der Waals surface area contributed by atoms with Crippen LogP contribution < -0.4 is 10.2 Å². The average molecular weight is 372 g/mol. The van der Waals surface area contributed by atoms with E-state index in [0.717, 1.165) is 38.9 Å². The van der Waals surface area contributed by atoms with Crippen molar-refractivity contribution in [3.8, 4) is 6.07 Å². The number of aromatic nitrogens is 1. The number of pyridine rings is 1. The van der Waals surface area contributed by atoms with Gasteiger partial charge in [-0.1, -0.05) is 0 Å². The number of anilines is 1. The fourth-order valence-electron chi connectivity index (χ4n) is 3.70. The van der Waals surface area contributed by atoms with E-state index in [4.69, 9.17) is 0 Å². The van der Waals surface area contributed by atoms with Crippen LogP contribution in [-0.4, -0.2) is 84.4 Å². The lowest BCUT2D eigenvalue weighted by Crippen LogP contribution is -2.52. The Hall–Kier alpha value is -2.37. The lowest BCUT2D eigenvalue weighted by Gasteiger charge is -2.35. The number of nitriles is 1. The number of likely N-dealkylation sites (tertiary alicyclic amines) is 1. The molecule has 0 spiro atoms. The zero-order chi connectivity index (χ0) is 19.1. The Morgan fingerprint density at radius 2 is 2.15 bits per heavy atom. The number of aliphatic hydroxyl groups is 1. The van der Waals surface area contributed by atoms with Gasteiger partial charge in [0, 0.05) is 45.5 Å². The van der Waals surface area contributed by atoms with E-state index in [2.05, 4.69) is 26.2 Å². The third-order valence-corrected chi connectivity index (χ3v) is 5.18. The van der Waals surface area contributed by atoms with Gasteiger partial charge in [0.2, 0.25) is 0 Å². The molecular weight excluding hydrogens is 344 g/mol. The number of hydrogen-bond donors (Lipinski definition) is 2. The van der Waals surface area contributed by atoms with E-state index in [9.17, 15) is 15.2 Å². The fraction of sp³-hybridized carbons (Fsp3) is 0.632. The van der Waals surface area contributed by atoms with Crippen molar-refractivity contribution in [3.63, 3.8) is 0 Å². The molecule has 2 aliphatic rings. The number of carbonyl (C=O) groups excluding carboxylic acids is 1. The predicted molar refractivity (Wildman–Crippen MR) is 102 cm³/mol. The molecule has 1 aromatic rings. The van der Waals surface area contributed by atoms with E-state index in [-0.39, 0.29) is 12.1 Å². The van der Waals surface area contributed by atoms with Crippen LogP contribution in [-0.2, 0) is 0 Å². The van der Waals surface area contributed by atoms with Crippen molar-refractivity contribution in [3.05, 3.63) is 23.9 Å². The Kier molecular flexibility index (Phi) is 6.85. The van der Waals surface area contributed by atoms with Gasteiger partial charge in [-0.2, -0.15) is 5.26 Å². The zero-order valence-corrected chi connectivity index (χ0v) is 15.7. The first-order valence-electron chi connectivity index (χ1n) is 9.70. The first-order chi connectivity index (χ1) is 13.2. The van der Waals surface area contributed by atoms with Crippen LogP contribution in [0.4, 0.5) is 10.6 Å². The molecule has 1 aromatic heterocycles. The highest BCUT2D eigenvalue weighted by molar-refractivity contribution is 5.74. The smallest absolute Gasteiger partial charge is 0.317 e. The molecule has 3 heterocycles. The number of carbonyl (C=O) groups is 1. The minimum Gasteiger partial charge on any atom is -0.392 e. The van der Waals surface area contributed by atoms with Crippen molar-refractivity contribution >= 4 is 11.8 Å². The molecule has 2 saturated heterocycles. The van der Waals surface area contributed by atoms with Crippen molar-refractivity contribution < 1.29 is 9.90 Å². The summed E-state index contributed by atoms with van der Waals surface area (Å²) >= 11 is 0. The van der Waals surface area contributed by atoms with Gasteiger partial charge in [-0.05, 0) is 44.5 Å². The van der Waals surface area contributed by atoms with Crippen LogP contribution in [0.15, 0.2) is 18.3 Å². The standard InChI is InChI=1S/C19H28N6O2/c20-14-16-4-1-6-21-18(16)24-10-12-25(13-11-24)19(27)22-7-3-9-23-8-2-5-17(26)15-23/h1,4,6,17,26H,2-3,5,7-13,15H2,(H,22,27)/t17-/m0/s1. The number of hydrogen-bond acceptors (Lipinski definition) is 6. The molecule has 27 heavy (non-hydrogen) atoms. The Morgan fingerprint density at radius 3 is 2.89 bits per heavy atom. The first kappa shape index (κ1) is 19.4. The Balaban J connectivity index is 1.37. The number of nitrogens with zero attached hydrogens (tertiary/aromatic N) is 5. The molecule has 146 valence electrons. The van der Waals surface area contributed by atoms with Gasteiger partial charge in [-0.25, -0.2) is 9.78 Å². The SMILES string of the molecule is N#Cc1cccnc1N1CCN(C(=O)NCCCN2CCC[C@H](O)C2)CC1. The van der Waals surface area contributed by atoms with Gasteiger partial charge in [0.05, 0.1) is 11.7 Å². The van der Waals surface area contributed by atoms with Crippen LogP contribution in [0, 0.1) is 11.3 Å². The number of piperidine rings is 1. The Labute approximate surface area is 160 Å². The highest BCUT2D eigenvalue weighted by Crippen LogP contribution is 2.18. The molecule has 2 aliphatic heterocycles. The maximum atomic E-state index is 12.3. The third kappa shape index (κ3) is 5.31. The molecule has 2 amide bonds. The third-order valence-electron chi connectivity index (χ3n) is 5.18. The number of amides is 2. The van der Waals surface area contributed by atoms with Crippen LogP contribution in [0.2, 0.25) is 0 Å². The molecule has 8 nitrogen and oxygen atoms in total. The summed E-state index contributed by atoms with van der Waals surface area (Å²) < 4.78 is 0. The quantitative estimate of drug-likeness (QED) is 0.736. The van der Waals surface area contributed by atoms with Gasteiger partial charge in [0.25, 0.3) is 0 Å². The highest BCUT2D eigenvalue weighted by atomic mass is 16.3. The number of aliphatic hydroxyl groups excluding tert-OH is 1. The van der Waals surface area contributed by atoms with Crippen molar-refractivity contribution in [1.29, 1.82) is 5.26 Å². The van der Waals surface area contributed by atoms with Gasteiger partial charge < -0.3 is 25.1 Å². The average Bonchev–Trinajstić information content (AvgIpc) is 2.71. The molecule has 0 radical (unpaired) electrons. The summed E-state index contributed by atoms with van der Waals surface area (Å²) in [5.41, 5.74) is 0.568. The van der Waals surface area contributed by atoms with Crippen LogP contribution >= 0.6 is 0 Å². The molecule has 2 N–H and O–H groups in total. The molecule has 0 bridgehead atoms. The van der Waals surface area contributed by atoms with Gasteiger partial charge >= 0.3 is 6.03 Å². The summed E-state index contributed by atoms with van der Waals surface area (Å²) in [6, 6.07) is 5.67. The largest absolute Gasteiger partial charge is 0.392 e. The second-order valence-electron chi connectivity index (χ2n) is 7.14. The second-order valence-corrected chi connectivity index (χ2v) is 7.14. The van der Waals surface area contributed by atoms with E-state index in [0.29, 0.717) is 44.1 Å². The summed E-state index contributed by atoms with van der Waals surface area (Å²) in [6.45, 7) is 5.90. The van der Waals surface area contributed by atoms with Crippen molar-refractivity contribution in [2.75, 3.05) is 57.3 Å². The van der Waals surface area contributed by atoms with Crippen molar-refractivity contribution in [1.82, 2.24) is 20.1 Å². The van der Waals surface area contributed by atoms with E-state index in [1.54, 1.807) is 18.3 Å². The summed E-state index contributed by atoms with van der Waals surface area (Å²) in [7, 11) is 0. The minimum absolute atomic E-state index is 0.0325. The van der Waals surface area contributed by atoms with E-state index >= 15 is 0 Å². The molecule has 0 unspecified atom stereocenters. The molecule has 8 heteroatoms. The molecule has 3 rings (SSSR count). The molecule has 0 aromatic carbocycles. The van der Waals surface area contributed by atoms with Crippen molar-refractivity contribution in [2.24, 2.45) is 0 Å². The van der Waals surface area contributed by atoms with Crippen molar-refractivity contribution in [2.45, 2.75) is 25.4 Å². The number of urea groups is 1. The monoisotopic (exact) mass is 372 g/mol. The molecule has 0 aliphatic carbocycles. The second kappa shape index (κ2) is 9.53. The summed E-state index contributed by atoms with van der Waals surface area (Å²) in [5, 5.41) is 21.9. The minimum atomic E-state index is -0.203. The Morgan fingerprint density at radius 1 is 1.33 bits per heavy atom. The molecule has 0 saturated carbocycles. The number of β-amino-alcohol motifs (C(OH)–C–C–N with tert-alkyl or cyclic N) is 1. The Bertz CT molecular complexity index is 668. The van der Waals surface area contributed by atoms with Gasteiger partial charge in [0.15, 0.2) is 0 Å². The summed E-state index contributed by atoms with van der Waals surface area (Å²) in [6.07, 6.45) is 4.31. The zero-order valence-electron chi connectivity index (χ0n) is 15.7. The lowest BCUT2D eigenvalue weighted by molar-refractivity contribution is 0.0702. The van der Waals surface area contributed by atoms with Crippen LogP contribution in [0.5, 0.6) is 0 Å². The van der Waals surface area contributed by atoms with E-state index in [1.165, 1.54) is 0 Å². The first-order valence-corrected chi connectivity index (χ1v) is 9.70. The normalized spacial score (nSPS) is 21.0. The predicted octanol–water partition coefficient (Wildman–Crippen LogP) is 0.632. The van der Waals surface area contributed by atoms with Crippen LogP contribution in [0.25, 0.3) is 0 Å². The lowest BCUT2D eigenvalue weighted by atomic mass is 10.1. The van der Waals surface area contributed by atoms with E-state index in [1.807, 2.05) is 4.90 Å². The highest BCUT2D eigenvalue weighted by Gasteiger charge is 2.23. The van der Waals surface area contributed by atoms with E-state index < -0.39 is 0 Å². The molecular formula is C19H28N6O2. The summed E-state index contributed by atoms with van der Waals surface area (Å²) in [4.78, 5) is 22.8. The summed E-state index contributed by atoms with van der Waals surface area (Å²) in [5.74, 6) is 0.698. The van der Waals surface area contributed by atoms with Gasteiger partial charge in [-0.15, -0.1) is 0 Å². The fourth-order valence-corrected chi connectivity index (χ4v) is 3.70. The molecule has 1 atom stereocenters. The van der Waals surface area contributed by atoms with Gasteiger partial charge in [0.1, 0.15) is 11.9 Å². The van der Waals surface area contributed by atoms with Crippen LogP contribution in [0.1, 0.15) is 24.8 Å². The maximum absolute atomic E-state index is 12.3. The van der Waals surface area contributed by atoms with Gasteiger partial charge in [-0.3, -0.25) is 0 Å². The number of piperazine rings is 1. The maximum Gasteiger partial charge on any atom is 0.317 e. The topological polar surface area (TPSA) is 95.7 Å². The number of nitrogens with one attached hydrogen (secondary N) is 1. The van der Waals surface area contributed by atoms with Crippen LogP contribution in [0.3, 0.4) is 0 Å². The molecule has 2 fully saturated rings.